The Bertz CT molecular complexity index is 883. The average molecular weight is 320 g/mol. The fourth-order valence-electron chi connectivity index (χ4n) is 2.04. The Labute approximate surface area is 137 Å². The van der Waals surface area contributed by atoms with Gasteiger partial charge in [-0.1, -0.05) is 35.6 Å². The standard InChI is InChI=1S/C16H12N6O2/c23-22(24)13-8-10-17-15(11-13)19-21-20-16-14(7-4-9-18-16)12-5-2-1-3-6-12/h1-11H,(H,17,18,19,20). The number of anilines is 1. The second kappa shape index (κ2) is 7.05. The summed E-state index contributed by atoms with van der Waals surface area (Å²) in [4.78, 5) is 18.4. The van der Waals surface area contributed by atoms with Crippen LogP contribution in [0, 0.1) is 10.1 Å². The summed E-state index contributed by atoms with van der Waals surface area (Å²) in [5, 5.41) is 18.6. The van der Waals surface area contributed by atoms with Gasteiger partial charge in [0.25, 0.3) is 5.69 Å². The van der Waals surface area contributed by atoms with E-state index in [0.717, 1.165) is 11.1 Å². The van der Waals surface area contributed by atoms with Gasteiger partial charge in [0.2, 0.25) is 0 Å². The monoisotopic (exact) mass is 320 g/mol. The van der Waals surface area contributed by atoms with E-state index in [4.69, 9.17) is 0 Å². The van der Waals surface area contributed by atoms with Crippen LogP contribution in [0.5, 0.6) is 0 Å². The molecule has 0 unspecified atom stereocenters. The Morgan fingerprint density at radius 3 is 2.62 bits per heavy atom. The predicted octanol–water partition coefficient (Wildman–Crippen LogP) is 4.16. The first kappa shape index (κ1) is 15.2. The summed E-state index contributed by atoms with van der Waals surface area (Å²) in [5.41, 5.74) is 4.29. The lowest BCUT2D eigenvalue weighted by molar-refractivity contribution is -0.384. The molecule has 1 N–H and O–H groups in total. The Morgan fingerprint density at radius 2 is 1.83 bits per heavy atom. The molecule has 24 heavy (non-hydrogen) atoms. The zero-order valence-electron chi connectivity index (χ0n) is 12.4. The van der Waals surface area contributed by atoms with Gasteiger partial charge in [-0.05, 0) is 17.7 Å². The fraction of sp³-hybridized carbons (Fsp3) is 0. The lowest BCUT2D eigenvalue weighted by Crippen LogP contribution is -1.94. The quantitative estimate of drug-likeness (QED) is 0.431. The molecule has 3 aromatic rings. The molecule has 0 aliphatic rings. The van der Waals surface area contributed by atoms with Crippen molar-refractivity contribution in [1.82, 2.24) is 9.97 Å². The first-order chi connectivity index (χ1) is 11.7. The van der Waals surface area contributed by atoms with Crippen LogP contribution in [0.25, 0.3) is 11.1 Å². The van der Waals surface area contributed by atoms with Crippen LogP contribution in [0.1, 0.15) is 0 Å². The normalized spacial score (nSPS) is 10.7. The average Bonchev–Trinajstić information content (AvgIpc) is 2.63. The van der Waals surface area contributed by atoms with Crippen LogP contribution in [0.3, 0.4) is 0 Å². The van der Waals surface area contributed by atoms with E-state index in [1.54, 1.807) is 6.20 Å². The number of rotatable bonds is 5. The maximum Gasteiger partial charge on any atom is 0.274 e. The summed E-state index contributed by atoms with van der Waals surface area (Å²) in [6.07, 6.45) is 2.94. The first-order valence-electron chi connectivity index (χ1n) is 7.01. The molecule has 0 saturated carbocycles. The number of nitrogens with one attached hydrogen (secondary N) is 1. The highest BCUT2D eigenvalue weighted by Gasteiger charge is 2.07. The summed E-state index contributed by atoms with van der Waals surface area (Å²) >= 11 is 0. The van der Waals surface area contributed by atoms with E-state index < -0.39 is 4.92 Å². The van der Waals surface area contributed by atoms with Gasteiger partial charge >= 0.3 is 0 Å². The molecule has 0 amide bonds. The molecule has 2 aromatic heterocycles. The molecule has 0 spiro atoms. The molecular weight excluding hydrogens is 308 g/mol. The summed E-state index contributed by atoms with van der Waals surface area (Å²) in [5.74, 6) is 0.659. The van der Waals surface area contributed by atoms with E-state index in [1.165, 1.54) is 18.3 Å². The molecule has 0 bridgehead atoms. The molecule has 0 radical (unpaired) electrons. The van der Waals surface area contributed by atoms with Crippen molar-refractivity contribution in [3.63, 3.8) is 0 Å². The summed E-state index contributed by atoms with van der Waals surface area (Å²) in [7, 11) is 0. The number of aromatic nitrogens is 2. The van der Waals surface area contributed by atoms with Gasteiger partial charge in [-0.25, -0.2) is 15.4 Å². The SMILES string of the molecule is O=[N+]([O-])c1ccnc(NN=Nc2ncccc2-c2ccccc2)c1. The molecule has 0 aliphatic carbocycles. The Morgan fingerprint density at radius 1 is 1.00 bits per heavy atom. The van der Waals surface area contributed by atoms with E-state index in [-0.39, 0.29) is 11.5 Å². The smallest absolute Gasteiger partial charge is 0.258 e. The Hall–Kier alpha value is -3.68. The molecule has 1 aromatic carbocycles. The second-order valence-electron chi connectivity index (χ2n) is 4.71. The third kappa shape index (κ3) is 3.55. The van der Waals surface area contributed by atoms with Crippen LogP contribution < -0.4 is 5.43 Å². The van der Waals surface area contributed by atoms with Crippen molar-refractivity contribution in [2.45, 2.75) is 0 Å². The lowest BCUT2D eigenvalue weighted by Gasteiger charge is -2.03. The van der Waals surface area contributed by atoms with Crippen molar-refractivity contribution in [3.8, 4) is 11.1 Å². The van der Waals surface area contributed by atoms with Crippen LogP contribution in [0.2, 0.25) is 0 Å². The number of hydrogen-bond acceptors (Lipinski definition) is 6. The van der Waals surface area contributed by atoms with Crippen molar-refractivity contribution >= 4 is 17.3 Å². The van der Waals surface area contributed by atoms with Gasteiger partial charge in [-0.15, -0.1) is 5.11 Å². The number of hydrogen-bond donors (Lipinski definition) is 1. The summed E-state index contributed by atoms with van der Waals surface area (Å²) < 4.78 is 0. The molecule has 0 saturated heterocycles. The molecule has 0 fully saturated rings. The number of nitrogens with zero attached hydrogens (tertiary/aromatic N) is 5. The van der Waals surface area contributed by atoms with Crippen LogP contribution in [-0.2, 0) is 0 Å². The van der Waals surface area contributed by atoms with Crippen LogP contribution in [-0.4, -0.2) is 14.9 Å². The topological polar surface area (TPSA) is 106 Å². The molecule has 2 heterocycles. The van der Waals surface area contributed by atoms with Crippen LogP contribution >= 0.6 is 0 Å². The molecule has 8 nitrogen and oxygen atoms in total. The van der Waals surface area contributed by atoms with Crippen molar-refractivity contribution in [2.75, 3.05) is 5.43 Å². The van der Waals surface area contributed by atoms with Crippen LogP contribution in [0.4, 0.5) is 17.3 Å². The van der Waals surface area contributed by atoms with E-state index in [1.807, 2.05) is 42.5 Å². The fourth-order valence-corrected chi connectivity index (χ4v) is 2.04. The molecule has 0 aliphatic heterocycles. The van der Waals surface area contributed by atoms with E-state index in [2.05, 4.69) is 25.7 Å². The van der Waals surface area contributed by atoms with Gasteiger partial charge in [0.1, 0.15) is 0 Å². The van der Waals surface area contributed by atoms with Gasteiger partial charge in [-0.2, -0.15) is 0 Å². The molecule has 118 valence electrons. The van der Waals surface area contributed by atoms with Crippen molar-refractivity contribution < 1.29 is 4.92 Å². The lowest BCUT2D eigenvalue weighted by atomic mass is 10.1. The molecule has 0 atom stereocenters. The van der Waals surface area contributed by atoms with Gasteiger partial charge in [0.15, 0.2) is 11.6 Å². The number of pyridine rings is 2. The van der Waals surface area contributed by atoms with Gasteiger partial charge in [0, 0.05) is 24.0 Å². The summed E-state index contributed by atoms with van der Waals surface area (Å²) in [6.45, 7) is 0. The first-order valence-corrected chi connectivity index (χ1v) is 7.01. The molecular formula is C16H12N6O2. The minimum absolute atomic E-state index is 0.0782. The highest BCUT2D eigenvalue weighted by Crippen LogP contribution is 2.27. The summed E-state index contributed by atoms with van der Waals surface area (Å²) in [6, 6.07) is 16.0. The van der Waals surface area contributed by atoms with E-state index in [0.29, 0.717) is 5.82 Å². The van der Waals surface area contributed by atoms with Crippen molar-refractivity contribution in [1.29, 1.82) is 0 Å². The Kier molecular flexibility index (Phi) is 4.47. The van der Waals surface area contributed by atoms with Crippen molar-refractivity contribution in [2.24, 2.45) is 10.3 Å². The maximum atomic E-state index is 10.7. The highest BCUT2D eigenvalue weighted by atomic mass is 16.6. The van der Waals surface area contributed by atoms with Gasteiger partial charge in [-0.3, -0.25) is 10.1 Å². The van der Waals surface area contributed by atoms with Crippen LogP contribution in [0.15, 0.2) is 77.3 Å². The highest BCUT2D eigenvalue weighted by molar-refractivity contribution is 5.72. The third-order valence-electron chi connectivity index (χ3n) is 3.14. The Balaban J connectivity index is 1.81. The van der Waals surface area contributed by atoms with Gasteiger partial charge in [0.05, 0.1) is 11.0 Å². The minimum Gasteiger partial charge on any atom is -0.258 e. The number of benzene rings is 1. The van der Waals surface area contributed by atoms with E-state index >= 15 is 0 Å². The maximum absolute atomic E-state index is 10.7. The van der Waals surface area contributed by atoms with E-state index in [9.17, 15) is 10.1 Å². The van der Waals surface area contributed by atoms with Gasteiger partial charge < -0.3 is 0 Å². The van der Waals surface area contributed by atoms with Crippen molar-refractivity contribution in [3.05, 3.63) is 77.1 Å². The minimum atomic E-state index is -0.504. The number of nitro groups is 1. The zero-order valence-corrected chi connectivity index (χ0v) is 12.4. The second-order valence-corrected chi connectivity index (χ2v) is 4.71. The largest absolute Gasteiger partial charge is 0.274 e. The molecule has 3 rings (SSSR count). The predicted molar refractivity (Wildman–Crippen MR) is 88.7 cm³/mol. The zero-order chi connectivity index (χ0) is 16.8. The molecule has 8 heteroatoms. The third-order valence-corrected chi connectivity index (χ3v) is 3.14.